The smallest absolute Gasteiger partial charge is 0.226 e. The Morgan fingerprint density at radius 1 is 1.53 bits per heavy atom. The van der Waals surface area contributed by atoms with Crippen LogP contribution < -0.4 is 11.1 Å². The molecule has 1 aromatic heterocycles. The fraction of sp³-hybridized carbons (Fsp3) is 0.286. The summed E-state index contributed by atoms with van der Waals surface area (Å²) in [4.78, 5) is 15.8. The molecule has 0 aliphatic carbocycles. The maximum atomic E-state index is 11.7. The molecular formula is C14H17N3O2. The van der Waals surface area contributed by atoms with E-state index >= 15 is 0 Å². The van der Waals surface area contributed by atoms with Crippen LogP contribution >= 0.6 is 0 Å². The van der Waals surface area contributed by atoms with E-state index in [0.717, 1.165) is 11.1 Å². The average molecular weight is 259 g/mol. The minimum atomic E-state index is -0.156. The second-order valence-corrected chi connectivity index (χ2v) is 4.60. The Bertz CT molecular complexity index is 562. The fourth-order valence-electron chi connectivity index (χ4n) is 1.79. The van der Waals surface area contributed by atoms with Crippen LogP contribution in [0.5, 0.6) is 0 Å². The third-order valence-corrected chi connectivity index (χ3v) is 2.69. The Kier molecular flexibility index (Phi) is 3.97. The molecule has 1 unspecified atom stereocenters. The predicted molar refractivity (Wildman–Crippen MR) is 73.6 cm³/mol. The summed E-state index contributed by atoms with van der Waals surface area (Å²) in [6.07, 6.45) is 3.41. The summed E-state index contributed by atoms with van der Waals surface area (Å²) in [6.45, 7) is 3.76. The van der Waals surface area contributed by atoms with E-state index in [1.165, 1.54) is 6.26 Å². The molecule has 3 N–H and O–H groups in total. The second-order valence-electron chi connectivity index (χ2n) is 4.60. The molecule has 5 nitrogen and oxygen atoms in total. The number of aromatic nitrogens is 1. The van der Waals surface area contributed by atoms with E-state index in [4.69, 9.17) is 10.2 Å². The first-order chi connectivity index (χ1) is 9.06. The van der Waals surface area contributed by atoms with Crippen molar-refractivity contribution in [1.29, 1.82) is 0 Å². The minimum absolute atomic E-state index is 0.0998. The zero-order valence-corrected chi connectivity index (χ0v) is 11.0. The van der Waals surface area contributed by atoms with Crippen LogP contribution in [0.1, 0.15) is 18.9 Å². The third kappa shape index (κ3) is 3.42. The number of rotatable bonds is 4. The molecule has 5 heteroatoms. The van der Waals surface area contributed by atoms with Crippen LogP contribution in [-0.2, 0) is 4.79 Å². The van der Waals surface area contributed by atoms with Crippen LogP contribution in [0.4, 0.5) is 5.69 Å². The first-order valence-corrected chi connectivity index (χ1v) is 6.12. The van der Waals surface area contributed by atoms with Crippen molar-refractivity contribution in [1.82, 2.24) is 4.98 Å². The molecule has 0 aliphatic heterocycles. The van der Waals surface area contributed by atoms with Crippen molar-refractivity contribution in [2.75, 3.05) is 5.32 Å². The van der Waals surface area contributed by atoms with Gasteiger partial charge in [0.15, 0.2) is 0 Å². The van der Waals surface area contributed by atoms with Crippen LogP contribution in [0.3, 0.4) is 0 Å². The Balaban J connectivity index is 2.20. The van der Waals surface area contributed by atoms with Crippen molar-refractivity contribution in [2.45, 2.75) is 26.3 Å². The lowest BCUT2D eigenvalue weighted by molar-refractivity contribution is -0.116. The first-order valence-electron chi connectivity index (χ1n) is 6.12. The monoisotopic (exact) mass is 259 g/mol. The zero-order valence-electron chi connectivity index (χ0n) is 11.0. The molecule has 1 heterocycles. The number of oxazole rings is 1. The van der Waals surface area contributed by atoms with Gasteiger partial charge in [-0.1, -0.05) is 6.07 Å². The number of anilines is 1. The van der Waals surface area contributed by atoms with E-state index in [0.29, 0.717) is 18.0 Å². The predicted octanol–water partition coefficient (Wildman–Crippen LogP) is 2.33. The quantitative estimate of drug-likeness (QED) is 0.883. The standard InChI is InChI=1S/C14H17N3O2/c1-9-3-4-11(17-13(18)7-10(2)15)8-12(9)14-16-5-6-19-14/h3-6,8,10H,7,15H2,1-2H3,(H,17,18). The molecule has 19 heavy (non-hydrogen) atoms. The number of aryl methyl sites for hydroxylation is 1. The number of hydrogen-bond donors (Lipinski definition) is 2. The van der Waals surface area contributed by atoms with E-state index < -0.39 is 0 Å². The molecule has 1 atom stereocenters. The molecule has 0 radical (unpaired) electrons. The summed E-state index contributed by atoms with van der Waals surface area (Å²) in [6, 6.07) is 5.46. The van der Waals surface area contributed by atoms with Gasteiger partial charge >= 0.3 is 0 Å². The van der Waals surface area contributed by atoms with Gasteiger partial charge in [0, 0.05) is 23.7 Å². The lowest BCUT2D eigenvalue weighted by atomic mass is 10.1. The second kappa shape index (κ2) is 5.67. The number of nitrogens with zero attached hydrogens (tertiary/aromatic N) is 1. The van der Waals surface area contributed by atoms with Gasteiger partial charge < -0.3 is 15.5 Å². The van der Waals surface area contributed by atoms with E-state index in [1.54, 1.807) is 13.1 Å². The van der Waals surface area contributed by atoms with Gasteiger partial charge in [0.2, 0.25) is 11.8 Å². The topological polar surface area (TPSA) is 81.2 Å². The fourth-order valence-corrected chi connectivity index (χ4v) is 1.79. The van der Waals surface area contributed by atoms with E-state index in [9.17, 15) is 4.79 Å². The lowest BCUT2D eigenvalue weighted by Gasteiger charge is -2.09. The number of amides is 1. The van der Waals surface area contributed by atoms with Gasteiger partial charge in [-0.25, -0.2) is 4.98 Å². The molecular weight excluding hydrogens is 242 g/mol. The molecule has 0 spiro atoms. The van der Waals surface area contributed by atoms with Crippen LogP contribution in [0, 0.1) is 6.92 Å². The van der Waals surface area contributed by atoms with Crippen molar-refractivity contribution in [3.05, 3.63) is 36.2 Å². The summed E-state index contributed by atoms with van der Waals surface area (Å²) in [5.41, 5.74) is 8.20. The van der Waals surface area contributed by atoms with Crippen molar-refractivity contribution >= 4 is 11.6 Å². The molecule has 0 bridgehead atoms. The molecule has 1 aromatic carbocycles. The Morgan fingerprint density at radius 2 is 2.32 bits per heavy atom. The average Bonchev–Trinajstić information content (AvgIpc) is 2.84. The van der Waals surface area contributed by atoms with Gasteiger partial charge in [0.05, 0.1) is 6.20 Å². The third-order valence-electron chi connectivity index (χ3n) is 2.69. The highest BCUT2D eigenvalue weighted by Gasteiger charge is 2.10. The van der Waals surface area contributed by atoms with Crippen molar-refractivity contribution in [2.24, 2.45) is 5.73 Å². The molecule has 0 saturated heterocycles. The Labute approximate surface area is 111 Å². The van der Waals surface area contributed by atoms with E-state index in [2.05, 4.69) is 10.3 Å². The Hall–Kier alpha value is -2.14. The highest BCUT2D eigenvalue weighted by Crippen LogP contribution is 2.25. The van der Waals surface area contributed by atoms with Gasteiger partial charge in [-0.3, -0.25) is 4.79 Å². The molecule has 2 aromatic rings. The number of nitrogens with one attached hydrogen (secondary N) is 1. The number of benzene rings is 1. The van der Waals surface area contributed by atoms with Gasteiger partial charge in [-0.05, 0) is 31.5 Å². The maximum absolute atomic E-state index is 11.7. The van der Waals surface area contributed by atoms with Gasteiger partial charge in [0.25, 0.3) is 0 Å². The van der Waals surface area contributed by atoms with Crippen molar-refractivity contribution < 1.29 is 9.21 Å². The van der Waals surface area contributed by atoms with E-state index in [-0.39, 0.29) is 11.9 Å². The number of carbonyl (C=O) groups excluding carboxylic acids is 1. The van der Waals surface area contributed by atoms with Gasteiger partial charge in [0.1, 0.15) is 6.26 Å². The highest BCUT2D eigenvalue weighted by molar-refractivity contribution is 5.91. The first kappa shape index (κ1) is 13.3. The lowest BCUT2D eigenvalue weighted by Crippen LogP contribution is -2.23. The zero-order chi connectivity index (χ0) is 13.8. The van der Waals surface area contributed by atoms with Gasteiger partial charge in [-0.15, -0.1) is 0 Å². The van der Waals surface area contributed by atoms with E-state index in [1.807, 2.05) is 25.1 Å². The molecule has 1 amide bonds. The minimum Gasteiger partial charge on any atom is -0.445 e. The van der Waals surface area contributed by atoms with Crippen molar-refractivity contribution in [3.8, 4) is 11.5 Å². The molecule has 0 aliphatic rings. The summed E-state index contributed by atoms with van der Waals surface area (Å²) in [5.74, 6) is 0.443. The van der Waals surface area contributed by atoms with Crippen LogP contribution in [0.25, 0.3) is 11.5 Å². The SMILES string of the molecule is Cc1ccc(NC(=O)CC(C)N)cc1-c1ncco1. The van der Waals surface area contributed by atoms with Crippen LogP contribution in [-0.4, -0.2) is 16.9 Å². The molecule has 0 saturated carbocycles. The van der Waals surface area contributed by atoms with Crippen LogP contribution in [0.15, 0.2) is 35.1 Å². The van der Waals surface area contributed by atoms with Gasteiger partial charge in [-0.2, -0.15) is 0 Å². The summed E-state index contributed by atoms with van der Waals surface area (Å²) >= 11 is 0. The molecule has 100 valence electrons. The number of hydrogen-bond acceptors (Lipinski definition) is 4. The summed E-state index contributed by atoms with van der Waals surface area (Å²) in [5, 5.41) is 2.81. The normalized spacial score (nSPS) is 12.2. The largest absolute Gasteiger partial charge is 0.445 e. The Morgan fingerprint density at radius 3 is 2.95 bits per heavy atom. The maximum Gasteiger partial charge on any atom is 0.226 e. The van der Waals surface area contributed by atoms with Crippen molar-refractivity contribution in [3.63, 3.8) is 0 Å². The number of carbonyl (C=O) groups is 1. The summed E-state index contributed by atoms with van der Waals surface area (Å²) < 4.78 is 5.28. The summed E-state index contributed by atoms with van der Waals surface area (Å²) in [7, 11) is 0. The highest BCUT2D eigenvalue weighted by atomic mass is 16.3. The molecule has 2 rings (SSSR count). The molecule has 0 fully saturated rings. The number of nitrogens with two attached hydrogens (primary N) is 1. The van der Waals surface area contributed by atoms with Crippen LogP contribution in [0.2, 0.25) is 0 Å².